The number of rotatable bonds is 4. The molecular weight excluding hydrogens is 216 g/mol. The fourth-order valence-corrected chi connectivity index (χ4v) is 2.55. The maximum Gasteiger partial charge on any atom is 0.146 e. The molecule has 2 unspecified atom stereocenters. The highest BCUT2D eigenvalue weighted by molar-refractivity contribution is 5.24. The minimum Gasteiger partial charge on any atom is -0.382 e. The third-order valence-corrected chi connectivity index (χ3v) is 3.47. The number of ether oxygens (including phenoxy) is 2. The highest BCUT2D eigenvalue weighted by Gasteiger charge is 2.41. The predicted molar refractivity (Wildman–Crippen MR) is 65.6 cm³/mol. The van der Waals surface area contributed by atoms with Gasteiger partial charge in [0.05, 0.1) is 6.10 Å². The van der Waals surface area contributed by atoms with Crippen molar-refractivity contribution in [3.63, 3.8) is 0 Å². The molecule has 1 aliphatic carbocycles. The molecule has 1 aliphatic rings. The molecule has 1 saturated carbocycles. The van der Waals surface area contributed by atoms with Crippen LogP contribution >= 0.6 is 0 Å². The Morgan fingerprint density at radius 3 is 2.76 bits per heavy atom. The fraction of sp³-hybridized carbons (Fsp3) is 0.571. The van der Waals surface area contributed by atoms with Gasteiger partial charge in [-0.05, 0) is 18.4 Å². The second-order valence-corrected chi connectivity index (χ2v) is 4.60. The average molecular weight is 236 g/mol. The summed E-state index contributed by atoms with van der Waals surface area (Å²) in [7, 11) is 1.60. The van der Waals surface area contributed by atoms with E-state index in [0.717, 1.165) is 31.2 Å². The molecule has 3 nitrogen and oxygen atoms in total. The topological polar surface area (TPSA) is 38.7 Å². The Bertz CT molecular complexity index is 339. The van der Waals surface area contributed by atoms with Crippen molar-refractivity contribution in [1.82, 2.24) is 0 Å². The number of aliphatic hydroxyl groups is 1. The predicted octanol–water partition coefficient (Wildman–Crippen LogP) is 2.44. The smallest absolute Gasteiger partial charge is 0.146 e. The van der Waals surface area contributed by atoms with E-state index in [1.165, 1.54) is 0 Å². The molecule has 3 heteroatoms. The quantitative estimate of drug-likeness (QED) is 0.816. The van der Waals surface area contributed by atoms with Gasteiger partial charge < -0.3 is 14.6 Å². The third kappa shape index (κ3) is 2.68. The van der Waals surface area contributed by atoms with E-state index in [4.69, 9.17) is 9.47 Å². The maximum absolute atomic E-state index is 10.8. The summed E-state index contributed by atoms with van der Waals surface area (Å²) in [5.41, 5.74) is 0.0821. The monoisotopic (exact) mass is 236 g/mol. The lowest BCUT2D eigenvalue weighted by Crippen LogP contribution is -2.44. The first-order valence-corrected chi connectivity index (χ1v) is 6.16. The van der Waals surface area contributed by atoms with Crippen molar-refractivity contribution in [2.45, 2.75) is 37.4 Å². The SMILES string of the molecule is COCOC1CCCCC1(O)c1ccccc1. The fourth-order valence-electron chi connectivity index (χ4n) is 2.55. The Labute approximate surface area is 102 Å². The lowest BCUT2D eigenvalue weighted by Gasteiger charge is -2.39. The first kappa shape index (κ1) is 12.6. The Kier molecular flexibility index (Phi) is 4.15. The summed E-state index contributed by atoms with van der Waals surface area (Å²) in [5, 5.41) is 10.8. The Morgan fingerprint density at radius 1 is 1.29 bits per heavy atom. The van der Waals surface area contributed by atoms with Crippen molar-refractivity contribution >= 4 is 0 Å². The molecule has 0 aromatic heterocycles. The van der Waals surface area contributed by atoms with Crippen LogP contribution in [0.3, 0.4) is 0 Å². The van der Waals surface area contributed by atoms with Crippen LogP contribution in [0.4, 0.5) is 0 Å². The van der Waals surface area contributed by atoms with E-state index in [2.05, 4.69) is 0 Å². The van der Waals surface area contributed by atoms with E-state index in [-0.39, 0.29) is 12.9 Å². The second-order valence-electron chi connectivity index (χ2n) is 4.60. The molecule has 1 aromatic rings. The van der Waals surface area contributed by atoms with Crippen LogP contribution in [0.25, 0.3) is 0 Å². The molecule has 2 rings (SSSR count). The van der Waals surface area contributed by atoms with Crippen LogP contribution in [-0.4, -0.2) is 25.1 Å². The molecule has 0 bridgehead atoms. The van der Waals surface area contributed by atoms with E-state index in [9.17, 15) is 5.11 Å². The molecule has 0 spiro atoms. The van der Waals surface area contributed by atoms with Crippen LogP contribution in [0.1, 0.15) is 31.2 Å². The minimum atomic E-state index is -0.863. The zero-order valence-corrected chi connectivity index (χ0v) is 10.3. The van der Waals surface area contributed by atoms with Crippen molar-refractivity contribution < 1.29 is 14.6 Å². The lowest BCUT2D eigenvalue weighted by molar-refractivity contribution is -0.175. The van der Waals surface area contributed by atoms with Crippen LogP contribution in [0.2, 0.25) is 0 Å². The number of benzene rings is 1. The van der Waals surface area contributed by atoms with Gasteiger partial charge in [-0.15, -0.1) is 0 Å². The van der Waals surface area contributed by atoms with Gasteiger partial charge in [0.25, 0.3) is 0 Å². The van der Waals surface area contributed by atoms with E-state index in [0.29, 0.717) is 0 Å². The van der Waals surface area contributed by atoms with Gasteiger partial charge in [-0.2, -0.15) is 0 Å². The molecular formula is C14H20O3. The van der Waals surface area contributed by atoms with Crippen LogP contribution in [0.5, 0.6) is 0 Å². The lowest BCUT2D eigenvalue weighted by atomic mass is 9.77. The van der Waals surface area contributed by atoms with Gasteiger partial charge in [-0.25, -0.2) is 0 Å². The Hall–Kier alpha value is -0.900. The molecule has 1 fully saturated rings. The zero-order chi connectivity index (χ0) is 12.1. The summed E-state index contributed by atoms with van der Waals surface area (Å²) < 4.78 is 10.6. The average Bonchev–Trinajstić information content (AvgIpc) is 2.39. The van der Waals surface area contributed by atoms with Crippen LogP contribution < -0.4 is 0 Å². The molecule has 1 aromatic carbocycles. The van der Waals surface area contributed by atoms with Gasteiger partial charge in [-0.1, -0.05) is 43.2 Å². The van der Waals surface area contributed by atoms with Crippen LogP contribution in [0.15, 0.2) is 30.3 Å². The molecule has 0 amide bonds. The van der Waals surface area contributed by atoms with Crippen LogP contribution in [0, 0.1) is 0 Å². The van der Waals surface area contributed by atoms with E-state index < -0.39 is 5.60 Å². The molecule has 0 radical (unpaired) electrons. The Balaban J connectivity index is 2.19. The molecule has 0 saturated heterocycles. The molecule has 1 N–H and O–H groups in total. The van der Waals surface area contributed by atoms with E-state index in [1.807, 2.05) is 30.3 Å². The third-order valence-electron chi connectivity index (χ3n) is 3.47. The van der Waals surface area contributed by atoms with Crippen molar-refractivity contribution in [3.05, 3.63) is 35.9 Å². The first-order chi connectivity index (χ1) is 8.27. The minimum absolute atomic E-state index is 0.168. The summed E-state index contributed by atoms with van der Waals surface area (Å²) in [4.78, 5) is 0. The number of methoxy groups -OCH3 is 1. The maximum atomic E-state index is 10.8. The largest absolute Gasteiger partial charge is 0.382 e. The molecule has 0 heterocycles. The number of hydrogen-bond donors (Lipinski definition) is 1. The summed E-state index contributed by atoms with van der Waals surface area (Å²) in [6.45, 7) is 0.236. The normalized spacial score (nSPS) is 29.2. The van der Waals surface area contributed by atoms with Gasteiger partial charge in [0.1, 0.15) is 12.4 Å². The second kappa shape index (κ2) is 5.63. The highest BCUT2D eigenvalue weighted by atomic mass is 16.7. The van der Waals surface area contributed by atoms with Gasteiger partial charge in [0.2, 0.25) is 0 Å². The van der Waals surface area contributed by atoms with E-state index in [1.54, 1.807) is 7.11 Å². The molecule has 94 valence electrons. The Morgan fingerprint density at radius 2 is 2.06 bits per heavy atom. The van der Waals surface area contributed by atoms with Gasteiger partial charge >= 0.3 is 0 Å². The standard InChI is InChI=1S/C14H20O3/c1-16-11-17-13-9-5-6-10-14(13,15)12-7-3-2-4-8-12/h2-4,7-8,13,15H,5-6,9-11H2,1H3. The summed E-state index contributed by atoms with van der Waals surface area (Å²) in [6, 6.07) is 9.80. The zero-order valence-electron chi connectivity index (χ0n) is 10.3. The molecule has 0 aliphatic heterocycles. The van der Waals surface area contributed by atoms with Gasteiger partial charge in [0.15, 0.2) is 0 Å². The number of hydrogen-bond acceptors (Lipinski definition) is 3. The van der Waals surface area contributed by atoms with Crippen molar-refractivity contribution in [2.24, 2.45) is 0 Å². The van der Waals surface area contributed by atoms with Crippen LogP contribution in [-0.2, 0) is 15.1 Å². The summed E-state index contributed by atoms with van der Waals surface area (Å²) in [6.07, 6.45) is 3.61. The summed E-state index contributed by atoms with van der Waals surface area (Å²) >= 11 is 0. The van der Waals surface area contributed by atoms with Crippen molar-refractivity contribution in [3.8, 4) is 0 Å². The first-order valence-electron chi connectivity index (χ1n) is 6.16. The molecule has 2 atom stereocenters. The molecule has 17 heavy (non-hydrogen) atoms. The highest BCUT2D eigenvalue weighted by Crippen LogP contribution is 2.38. The van der Waals surface area contributed by atoms with Gasteiger partial charge in [-0.3, -0.25) is 0 Å². The van der Waals surface area contributed by atoms with Gasteiger partial charge in [0, 0.05) is 7.11 Å². The van der Waals surface area contributed by atoms with Crippen molar-refractivity contribution in [1.29, 1.82) is 0 Å². The summed E-state index contributed by atoms with van der Waals surface area (Å²) in [5.74, 6) is 0. The van der Waals surface area contributed by atoms with Crippen molar-refractivity contribution in [2.75, 3.05) is 13.9 Å². The van der Waals surface area contributed by atoms with E-state index >= 15 is 0 Å².